The summed E-state index contributed by atoms with van der Waals surface area (Å²) in [5.41, 5.74) is 2.17. The summed E-state index contributed by atoms with van der Waals surface area (Å²) in [4.78, 5) is 8.90. The first-order valence-corrected chi connectivity index (χ1v) is 6.02. The highest BCUT2D eigenvalue weighted by Gasteiger charge is 2.13. The molecule has 0 fully saturated rings. The van der Waals surface area contributed by atoms with Crippen LogP contribution in [-0.4, -0.2) is 21.4 Å². The summed E-state index contributed by atoms with van der Waals surface area (Å²) in [5.74, 6) is 0.578. The Morgan fingerprint density at radius 1 is 1.32 bits per heavy atom. The molecule has 0 aliphatic heterocycles. The maximum atomic E-state index is 13.3. The molecule has 3 rings (SSSR count). The third-order valence-electron chi connectivity index (χ3n) is 2.91. The number of fused-ring (bicyclic) bond motifs is 1. The third-order valence-corrected chi connectivity index (χ3v) is 2.91. The first kappa shape index (κ1) is 11.8. The van der Waals surface area contributed by atoms with Gasteiger partial charge in [-0.05, 0) is 25.2 Å². The second-order valence-electron chi connectivity index (χ2n) is 4.23. The van der Waals surface area contributed by atoms with Gasteiger partial charge < -0.3 is 5.32 Å². The van der Waals surface area contributed by atoms with E-state index in [4.69, 9.17) is 0 Å². The van der Waals surface area contributed by atoms with Gasteiger partial charge in [-0.15, -0.1) is 0 Å². The molecule has 19 heavy (non-hydrogen) atoms. The van der Waals surface area contributed by atoms with Crippen molar-refractivity contribution in [3.63, 3.8) is 0 Å². The van der Waals surface area contributed by atoms with Crippen LogP contribution in [0.1, 0.15) is 5.82 Å². The number of halogens is 1. The molecule has 1 N–H and O–H groups in total. The Kier molecular flexibility index (Phi) is 2.97. The van der Waals surface area contributed by atoms with E-state index in [1.54, 1.807) is 12.3 Å². The van der Waals surface area contributed by atoms with Crippen LogP contribution in [0.15, 0.2) is 42.7 Å². The van der Waals surface area contributed by atoms with Crippen LogP contribution in [0.4, 0.5) is 4.39 Å². The van der Waals surface area contributed by atoms with E-state index in [9.17, 15) is 4.39 Å². The van der Waals surface area contributed by atoms with Gasteiger partial charge in [-0.1, -0.05) is 12.1 Å². The zero-order valence-corrected chi connectivity index (χ0v) is 10.5. The second kappa shape index (κ2) is 4.78. The molecule has 0 saturated heterocycles. The van der Waals surface area contributed by atoms with Crippen molar-refractivity contribution in [2.24, 2.45) is 0 Å². The van der Waals surface area contributed by atoms with Crippen LogP contribution in [0.25, 0.3) is 16.9 Å². The van der Waals surface area contributed by atoms with Gasteiger partial charge >= 0.3 is 0 Å². The molecule has 0 spiro atoms. The maximum absolute atomic E-state index is 13.3. The lowest BCUT2D eigenvalue weighted by molar-refractivity contribution is 0.628. The summed E-state index contributed by atoms with van der Waals surface area (Å²) in [6.07, 6.45) is 3.62. The number of rotatable bonds is 3. The van der Waals surface area contributed by atoms with E-state index >= 15 is 0 Å². The van der Waals surface area contributed by atoms with Gasteiger partial charge in [-0.2, -0.15) is 0 Å². The highest BCUT2D eigenvalue weighted by molar-refractivity contribution is 5.74. The number of benzene rings is 1. The average Bonchev–Trinajstić information content (AvgIpc) is 2.79. The lowest BCUT2D eigenvalue weighted by atomic mass is 10.1. The molecule has 0 aliphatic rings. The number of nitrogens with zero attached hydrogens (tertiary/aromatic N) is 3. The van der Waals surface area contributed by atoms with Crippen LogP contribution in [0.3, 0.4) is 0 Å². The highest BCUT2D eigenvalue weighted by atomic mass is 19.1. The van der Waals surface area contributed by atoms with E-state index < -0.39 is 0 Å². The number of aromatic nitrogens is 3. The fraction of sp³-hybridized carbons (Fsp3) is 0.143. The highest BCUT2D eigenvalue weighted by Crippen LogP contribution is 2.23. The standard InChI is InChI=1S/C14H13FN4/c1-16-9-12-18-13(10-4-2-5-11(15)8-10)14-17-6-3-7-19(12)14/h2-8,16H,9H2,1H3. The van der Waals surface area contributed by atoms with Gasteiger partial charge in [0.25, 0.3) is 0 Å². The fourth-order valence-electron chi connectivity index (χ4n) is 2.10. The molecule has 5 heteroatoms. The zero-order chi connectivity index (χ0) is 13.2. The monoisotopic (exact) mass is 256 g/mol. The molecule has 2 heterocycles. The Morgan fingerprint density at radius 2 is 2.21 bits per heavy atom. The van der Waals surface area contributed by atoms with Crippen molar-refractivity contribution in [3.05, 3.63) is 54.4 Å². The minimum Gasteiger partial charge on any atom is -0.313 e. The maximum Gasteiger partial charge on any atom is 0.164 e. The minimum absolute atomic E-state index is 0.273. The Labute approximate surface area is 109 Å². The Hall–Kier alpha value is -2.27. The molecule has 0 aliphatic carbocycles. The van der Waals surface area contributed by atoms with Gasteiger partial charge in [0.05, 0.1) is 6.54 Å². The molecule has 2 aromatic heterocycles. The Bertz CT molecular complexity index is 720. The lowest BCUT2D eigenvalue weighted by Gasteiger charge is -1.98. The van der Waals surface area contributed by atoms with Gasteiger partial charge in [-0.25, -0.2) is 14.4 Å². The van der Waals surface area contributed by atoms with E-state index in [-0.39, 0.29) is 5.82 Å². The third kappa shape index (κ3) is 2.08. The predicted octanol–water partition coefficient (Wildman–Crippen LogP) is 2.25. The minimum atomic E-state index is -0.273. The van der Waals surface area contributed by atoms with Crippen LogP contribution in [0.2, 0.25) is 0 Å². The molecule has 96 valence electrons. The smallest absolute Gasteiger partial charge is 0.164 e. The van der Waals surface area contributed by atoms with E-state index in [1.165, 1.54) is 12.1 Å². The summed E-state index contributed by atoms with van der Waals surface area (Å²) in [6, 6.07) is 8.26. The first-order chi connectivity index (χ1) is 9.29. The second-order valence-corrected chi connectivity index (χ2v) is 4.23. The zero-order valence-electron chi connectivity index (χ0n) is 10.5. The molecule has 0 unspecified atom stereocenters. The van der Waals surface area contributed by atoms with Gasteiger partial charge in [0, 0.05) is 18.0 Å². The lowest BCUT2D eigenvalue weighted by Crippen LogP contribution is -2.08. The van der Waals surface area contributed by atoms with E-state index in [0.717, 1.165) is 17.0 Å². The normalized spacial score (nSPS) is 11.1. The summed E-state index contributed by atoms with van der Waals surface area (Å²) >= 11 is 0. The van der Waals surface area contributed by atoms with Crippen molar-refractivity contribution in [3.8, 4) is 11.3 Å². The van der Waals surface area contributed by atoms with Crippen molar-refractivity contribution in [1.29, 1.82) is 0 Å². The molecule has 0 radical (unpaired) electrons. The molecule has 1 aromatic carbocycles. The number of hydrogen-bond donors (Lipinski definition) is 1. The summed E-state index contributed by atoms with van der Waals surface area (Å²) < 4.78 is 15.3. The molecule has 0 bridgehead atoms. The largest absolute Gasteiger partial charge is 0.313 e. The fourth-order valence-corrected chi connectivity index (χ4v) is 2.10. The molecule has 0 amide bonds. The quantitative estimate of drug-likeness (QED) is 0.781. The number of nitrogens with one attached hydrogen (secondary N) is 1. The van der Waals surface area contributed by atoms with Crippen molar-refractivity contribution >= 4 is 5.65 Å². The van der Waals surface area contributed by atoms with Crippen molar-refractivity contribution in [1.82, 2.24) is 19.7 Å². The van der Waals surface area contributed by atoms with Gasteiger partial charge in [-0.3, -0.25) is 4.40 Å². The summed E-state index contributed by atoms with van der Waals surface area (Å²) in [6.45, 7) is 0.627. The molecule has 0 saturated carbocycles. The molecule has 3 aromatic rings. The number of imidazole rings is 1. The topological polar surface area (TPSA) is 42.2 Å². The van der Waals surface area contributed by atoms with Crippen LogP contribution in [0, 0.1) is 5.82 Å². The average molecular weight is 256 g/mol. The van der Waals surface area contributed by atoms with Crippen LogP contribution >= 0.6 is 0 Å². The SMILES string of the molecule is CNCc1nc(-c2cccc(F)c2)c2ncccn12. The van der Waals surface area contributed by atoms with Gasteiger partial charge in [0.2, 0.25) is 0 Å². The van der Waals surface area contributed by atoms with Gasteiger partial charge in [0.1, 0.15) is 17.3 Å². The summed E-state index contributed by atoms with van der Waals surface area (Å²) in [5, 5.41) is 3.07. The Balaban J connectivity index is 2.23. The predicted molar refractivity (Wildman–Crippen MR) is 71.1 cm³/mol. The van der Waals surface area contributed by atoms with Gasteiger partial charge in [0.15, 0.2) is 5.65 Å². The van der Waals surface area contributed by atoms with Crippen molar-refractivity contribution in [2.75, 3.05) is 7.05 Å². The summed E-state index contributed by atoms with van der Waals surface area (Å²) in [7, 11) is 1.86. The van der Waals surface area contributed by atoms with Crippen LogP contribution in [-0.2, 0) is 6.54 Å². The molecular weight excluding hydrogens is 243 g/mol. The van der Waals surface area contributed by atoms with Crippen molar-refractivity contribution in [2.45, 2.75) is 6.54 Å². The van der Waals surface area contributed by atoms with Crippen LogP contribution in [0.5, 0.6) is 0 Å². The first-order valence-electron chi connectivity index (χ1n) is 6.02. The Morgan fingerprint density at radius 3 is 3.00 bits per heavy atom. The van der Waals surface area contributed by atoms with E-state index in [2.05, 4.69) is 15.3 Å². The van der Waals surface area contributed by atoms with Crippen molar-refractivity contribution < 1.29 is 4.39 Å². The van der Waals surface area contributed by atoms with E-state index in [0.29, 0.717) is 12.2 Å². The number of hydrogen-bond acceptors (Lipinski definition) is 3. The molecule has 4 nitrogen and oxygen atoms in total. The van der Waals surface area contributed by atoms with E-state index in [1.807, 2.05) is 29.8 Å². The molecule has 0 atom stereocenters. The van der Waals surface area contributed by atoms with Crippen LogP contribution < -0.4 is 5.32 Å². The molecular formula is C14H13FN4.